The van der Waals surface area contributed by atoms with Gasteiger partial charge in [0, 0.05) is 19.4 Å². The van der Waals surface area contributed by atoms with E-state index in [1.807, 2.05) is 48.5 Å². The van der Waals surface area contributed by atoms with Crippen LogP contribution in [-0.2, 0) is 19.1 Å². The lowest BCUT2D eigenvalue weighted by molar-refractivity contribution is -0.137. The number of carbonyl (C=O) groups excluding carboxylic acids is 3. The van der Waals surface area contributed by atoms with Crippen LogP contribution in [-0.4, -0.2) is 66.1 Å². The van der Waals surface area contributed by atoms with Crippen molar-refractivity contribution in [1.29, 1.82) is 0 Å². The van der Waals surface area contributed by atoms with Gasteiger partial charge < -0.3 is 20.1 Å². The van der Waals surface area contributed by atoms with E-state index in [0.717, 1.165) is 22.3 Å². The molecule has 0 aromatic heterocycles. The van der Waals surface area contributed by atoms with Gasteiger partial charge in [-0.2, -0.15) is 4.99 Å². The lowest BCUT2D eigenvalue weighted by atomic mass is 9.98. The van der Waals surface area contributed by atoms with E-state index >= 15 is 0 Å². The van der Waals surface area contributed by atoms with E-state index in [9.17, 15) is 19.2 Å². The standard InChI is InChI=1S/C24H24N4O6/c1-28-12-20(29)26-23(28)27-22(32)19(10-11-21(30)31)25-24(33)34-13-18-16-8-4-2-6-14(16)15-7-3-5-9-17(15)18/h2-9,18-19H,10-13H2,1H3,(H,25,33)(H,30,31)(H,26,27,29,32). The van der Waals surface area contributed by atoms with Crippen LogP contribution in [0, 0.1) is 0 Å². The highest BCUT2D eigenvalue weighted by Crippen LogP contribution is 2.44. The van der Waals surface area contributed by atoms with E-state index in [2.05, 4.69) is 15.6 Å². The summed E-state index contributed by atoms with van der Waals surface area (Å²) in [6.07, 6.45) is -1.38. The maximum atomic E-state index is 12.7. The van der Waals surface area contributed by atoms with E-state index in [4.69, 9.17) is 9.84 Å². The van der Waals surface area contributed by atoms with Gasteiger partial charge in [0.1, 0.15) is 12.6 Å². The van der Waals surface area contributed by atoms with E-state index in [0.29, 0.717) is 0 Å². The van der Waals surface area contributed by atoms with Gasteiger partial charge in [-0.3, -0.25) is 19.7 Å². The minimum atomic E-state index is -1.22. The zero-order chi connectivity index (χ0) is 24.2. The van der Waals surface area contributed by atoms with E-state index < -0.39 is 24.0 Å². The summed E-state index contributed by atoms with van der Waals surface area (Å²) in [7, 11) is 1.58. The Labute approximate surface area is 195 Å². The normalized spacial score (nSPS) is 16.6. The first-order valence-corrected chi connectivity index (χ1v) is 10.8. The number of alkyl carbamates (subject to hydrolysis) is 1. The summed E-state index contributed by atoms with van der Waals surface area (Å²) in [5, 5.41) is 13.9. The Balaban J connectivity index is 1.44. The van der Waals surface area contributed by atoms with Gasteiger partial charge in [-0.1, -0.05) is 48.5 Å². The molecule has 34 heavy (non-hydrogen) atoms. The maximum absolute atomic E-state index is 12.7. The van der Waals surface area contributed by atoms with Gasteiger partial charge in [-0.15, -0.1) is 0 Å². The average Bonchev–Trinajstić information content (AvgIpc) is 3.30. The van der Waals surface area contributed by atoms with Gasteiger partial charge >= 0.3 is 12.1 Å². The minimum absolute atomic E-state index is 0.0460. The fraction of sp³-hybridized carbons (Fsp3) is 0.292. The monoisotopic (exact) mass is 464 g/mol. The van der Waals surface area contributed by atoms with Gasteiger partial charge in [0.25, 0.3) is 5.91 Å². The van der Waals surface area contributed by atoms with Crippen molar-refractivity contribution < 1.29 is 29.0 Å². The SMILES string of the molecule is CN1CC(=O)NC1=NC(=O)C(CCC(=O)O)NC(=O)OCC1c2ccccc2-c2ccccc21. The van der Waals surface area contributed by atoms with Gasteiger partial charge in [0.2, 0.25) is 11.9 Å². The number of carbonyl (C=O) groups is 4. The van der Waals surface area contributed by atoms with Crippen molar-refractivity contribution in [1.82, 2.24) is 15.5 Å². The summed E-state index contributed by atoms with van der Waals surface area (Å²) < 4.78 is 5.46. The highest BCUT2D eigenvalue weighted by atomic mass is 16.5. The number of benzene rings is 2. The second-order valence-corrected chi connectivity index (χ2v) is 8.13. The van der Waals surface area contributed by atoms with Crippen LogP contribution in [0.15, 0.2) is 53.5 Å². The molecule has 0 radical (unpaired) electrons. The molecule has 1 saturated heterocycles. The van der Waals surface area contributed by atoms with Gasteiger partial charge in [-0.05, 0) is 28.7 Å². The van der Waals surface area contributed by atoms with Crippen LogP contribution in [0.5, 0.6) is 0 Å². The van der Waals surface area contributed by atoms with Crippen LogP contribution in [0.2, 0.25) is 0 Å². The average molecular weight is 464 g/mol. The molecule has 1 aliphatic carbocycles. The second kappa shape index (κ2) is 9.74. The summed E-state index contributed by atoms with van der Waals surface area (Å²) in [5.41, 5.74) is 4.25. The van der Waals surface area contributed by atoms with Crippen molar-refractivity contribution in [3.63, 3.8) is 0 Å². The fourth-order valence-corrected chi connectivity index (χ4v) is 4.15. The molecule has 3 N–H and O–H groups in total. The van der Waals surface area contributed by atoms with Crippen molar-refractivity contribution in [2.45, 2.75) is 24.8 Å². The first-order chi connectivity index (χ1) is 16.3. The number of fused-ring (bicyclic) bond motifs is 3. The van der Waals surface area contributed by atoms with Crippen LogP contribution >= 0.6 is 0 Å². The molecule has 1 atom stereocenters. The molecule has 4 rings (SSSR count). The van der Waals surface area contributed by atoms with E-state index in [1.54, 1.807) is 7.05 Å². The van der Waals surface area contributed by atoms with Crippen LogP contribution in [0.25, 0.3) is 11.1 Å². The first kappa shape index (κ1) is 23.0. The maximum Gasteiger partial charge on any atom is 0.407 e. The summed E-state index contributed by atoms with van der Waals surface area (Å²) in [4.78, 5) is 53.0. The smallest absolute Gasteiger partial charge is 0.407 e. The number of hydrogen-bond donors (Lipinski definition) is 3. The lowest BCUT2D eigenvalue weighted by Gasteiger charge is -2.18. The highest BCUT2D eigenvalue weighted by Gasteiger charge is 2.30. The predicted molar refractivity (Wildman–Crippen MR) is 122 cm³/mol. The molecule has 0 bridgehead atoms. The third-order valence-electron chi connectivity index (χ3n) is 5.79. The number of rotatable bonds is 7. The quantitative estimate of drug-likeness (QED) is 0.567. The molecular formula is C24H24N4O6. The zero-order valence-corrected chi connectivity index (χ0v) is 18.5. The number of nitrogens with zero attached hydrogens (tertiary/aromatic N) is 2. The summed E-state index contributed by atoms with van der Waals surface area (Å²) in [6.45, 7) is 0.0960. The number of likely N-dealkylation sites (N-methyl/N-ethyl adjacent to an activating group) is 1. The van der Waals surface area contributed by atoms with Crippen molar-refractivity contribution in [3.8, 4) is 11.1 Å². The number of carboxylic acids is 1. The molecule has 10 nitrogen and oxygen atoms in total. The molecule has 2 aromatic carbocycles. The number of nitrogens with one attached hydrogen (secondary N) is 2. The lowest BCUT2D eigenvalue weighted by Crippen LogP contribution is -2.42. The van der Waals surface area contributed by atoms with Crippen LogP contribution in [0.4, 0.5) is 4.79 Å². The number of carboxylic acid groups (broad SMARTS) is 1. The number of amides is 3. The Bertz CT molecular complexity index is 1130. The Kier molecular flexibility index (Phi) is 6.58. The van der Waals surface area contributed by atoms with Gasteiger partial charge in [0.05, 0.1) is 6.54 Å². The van der Waals surface area contributed by atoms with Crippen LogP contribution in [0.1, 0.15) is 29.9 Å². The molecule has 3 amide bonds. The first-order valence-electron chi connectivity index (χ1n) is 10.8. The molecule has 2 aromatic rings. The molecule has 1 fully saturated rings. The van der Waals surface area contributed by atoms with Crippen LogP contribution in [0.3, 0.4) is 0 Å². The summed E-state index contributed by atoms with van der Waals surface area (Å²) >= 11 is 0. The number of ether oxygens (including phenoxy) is 1. The molecule has 0 spiro atoms. The summed E-state index contributed by atoms with van der Waals surface area (Å²) in [6, 6.07) is 14.6. The minimum Gasteiger partial charge on any atom is -0.481 e. The number of aliphatic imine (C=N–C) groups is 1. The summed E-state index contributed by atoms with van der Waals surface area (Å²) in [5.74, 6) is -2.33. The molecule has 176 valence electrons. The van der Waals surface area contributed by atoms with Crippen molar-refractivity contribution >= 4 is 29.8 Å². The van der Waals surface area contributed by atoms with Gasteiger partial charge in [-0.25, -0.2) is 4.79 Å². The van der Waals surface area contributed by atoms with E-state index in [-0.39, 0.29) is 43.8 Å². The molecule has 0 saturated carbocycles. The Morgan fingerprint density at radius 1 is 1.15 bits per heavy atom. The third kappa shape index (κ3) is 4.90. The number of guanidine groups is 1. The Morgan fingerprint density at radius 2 is 1.76 bits per heavy atom. The number of hydrogen-bond acceptors (Lipinski definition) is 5. The topological polar surface area (TPSA) is 137 Å². The predicted octanol–water partition coefficient (Wildman–Crippen LogP) is 1.70. The largest absolute Gasteiger partial charge is 0.481 e. The molecule has 1 unspecified atom stereocenters. The highest BCUT2D eigenvalue weighted by molar-refractivity contribution is 6.08. The second-order valence-electron chi connectivity index (χ2n) is 8.13. The molecule has 2 aliphatic rings. The van der Waals surface area contributed by atoms with Crippen LogP contribution < -0.4 is 10.6 Å². The van der Waals surface area contributed by atoms with Crippen molar-refractivity contribution in [2.75, 3.05) is 20.2 Å². The Morgan fingerprint density at radius 3 is 2.32 bits per heavy atom. The Hall–Kier alpha value is -4.21. The third-order valence-corrected chi connectivity index (χ3v) is 5.79. The molecule has 1 heterocycles. The fourth-order valence-electron chi connectivity index (χ4n) is 4.15. The van der Waals surface area contributed by atoms with E-state index in [1.165, 1.54) is 4.90 Å². The molecule has 10 heteroatoms. The molecule has 1 aliphatic heterocycles. The molecular weight excluding hydrogens is 440 g/mol. The van der Waals surface area contributed by atoms with Gasteiger partial charge in [0.15, 0.2) is 0 Å². The number of aliphatic carboxylic acids is 1. The van der Waals surface area contributed by atoms with Crippen molar-refractivity contribution in [2.24, 2.45) is 4.99 Å². The van der Waals surface area contributed by atoms with Crippen molar-refractivity contribution in [3.05, 3.63) is 59.7 Å². The zero-order valence-electron chi connectivity index (χ0n) is 18.5.